The van der Waals surface area contributed by atoms with Gasteiger partial charge in [-0.05, 0) is 79.9 Å². The van der Waals surface area contributed by atoms with Gasteiger partial charge in [0.15, 0.2) is 0 Å². The topological polar surface area (TPSA) is 90.7 Å². The minimum absolute atomic E-state index is 0.216. The number of H-pyrrole nitrogens is 2. The molecule has 0 radical (unpaired) electrons. The number of fused-ring (bicyclic) bond motifs is 3. The normalized spacial score (nSPS) is 16.8. The molecule has 218 valence electrons. The van der Waals surface area contributed by atoms with Gasteiger partial charge in [-0.3, -0.25) is 0 Å². The van der Waals surface area contributed by atoms with Crippen molar-refractivity contribution in [2.45, 2.75) is 71.9 Å². The first-order valence-electron chi connectivity index (χ1n) is 15.4. The number of nitrogens with one attached hydrogen (secondary N) is 4. The van der Waals surface area contributed by atoms with Crippen LogP contribution in [0.1, 0.15) is 82.6 Å². The number of nitrogens with zero attached hydrogens (tertiary/aromatic N) is 2. The van der Waals surface area contributed by atoms with E-state index in [4.69, 9.17) is 9.72 Å². The molecule has 0 saturated carbocycles. The van der Waals surface area contributed by atoms with E-state index in [0.717, 1.165) is 89.0 Å². The molecule has 7 nitrogen and oxygen atoms in total. The standard InChI is InChI=1S/C33H36N6O.C2H6/c1-4-13-34-18-23-19-36-31(37-23)22-9-12-29-25(15-22)33(2,3)24-10-7-21(17-30(24)40-29)20-8-11-26-28(16-20)39-32(38-26)27-6-5-14-35-27;1-2/h7-12,15-17,19,27,34-35H,4-6,13-14,18H2,1-3H3,(H,36,37)(H,38,39);1-2H3. The molecule has 3 aromatic carbocycles. The zero-order chi connectivity index (χ0) is 29.3. The number of aromatic amines is 2. The SMILES string of the molecule is CC.CCCNCc1cnc(-c2ccc3c(c2)C(C)(C)c2ccc(-c4ccc5nc(C6CCCN6)[nH]c5c4)cc2O3)[nH]1. The number of imidazole rings is 2. The molecule has 4 heterocycles. The second-order valence-corrected chi connectivity index (χ2v) is 11.6. The highest BCUT2D eigenvalue weighted by atomic mass is 16.5. The minimum atomic E-state index is -0.216. The van der Waals surface area contributed by atoms with Gasteiger partial charge in [0, 0.05) is 40.5 Å². The molecule has 1 atom stereocenters. The maximum atomic E-state index is 6.53. The van der Waals surface area contributed by atoms with E-state index in [1.54, 1.807) is 0 Å². The smallest absolute Gasteiger partial charge is 0.137 e. The molecule has 0 aliphatic carbocycles. The number of benzene rings is 3. The van der Waals surface area contributed by atoms with E-state index in [9.17, 15) is 0 Å². The largest absolute Gasteiger partial charge is 0.457 e. The Morgan fingerprint density at radius 3 is 2.55 bits per heavy atom. The summed E-state index contributed by atoms with van der Waals surface area (Å²) in [4.78, 5) is 16.5. The van der Waals surface area contributed by atoms with Gasteiger partial charge in [-0.25, -0.2) is 9.97 Å². The molecular weight excluding hydrogens is 520 g/mol. The van der Waals surface area contributed by atoms with Gasteiger partial charge < -0.3 is 25.3 Å². The van der Waals surface area contributed by atoms with Crippen molar-refractivity contribution in [3.8, 4) is 34.0 Å². The Hall–Kier alpha value is -3.94. The number of hydrogen-bond acceptors (Lipinski definition) is 5. The predicted molar refractivity (Wildman–Crippen MR) is 171 cm³/mol. The second kappa shape index (κ2) is 11.7. The molecule has 1 fully saturated rings. The molecule has 0 amide bonds. The summed E-state index contributed by atoms with van der Waals surface area (Å²) < 4.78 is 6.53. The Morgan fingerprint density at radius 1 is 0.929 bits per heavy atom. The lowest BCUT2D eigenvalue weighted by Gasteiger charge is -2.35. The maximum Gasteiger partial charge on any atom is 0.137 e. The van der Waals surface area contributed by atoms with Crippen molar-refractivity contribution in [3.63, 3.8) is 0 Å². The first-order valence-corrected chi connectivity index (χ1v) is 15.4. The van der Waals surface area contributed by atoms with E-state index in [1.807, 2.05) is 20.0 Å². The third kappa shape index (κ3) is 5.23. The number of hydrogen-bond donors (Lipinski definition) is 4. The Kier molecular flexibility index (Phi) is 7.88. The molecule has 0 bridgehead atoms. The van der Waals surface area contributed by atoms with Crippen LogP contribution in [0.3, 0.4) is 0 Å². The Labute approximate surface area is 248 Å². The van der Waals surface area contributed by atoms with Crippen LogP contribution in [0.25, 0.3) is 33.5 Å². The average Bonchev–Trinajstić information content (AvgIpc) is 3.79. The average molecular weight is 563 g/mol. The minimum Gasteiger partial charge on any atom is -0.457 e. The van der Waals surface area contributed by atoms with E-state index in [1.165, 1.54) is 17.5 Å². The monoisotopic (exact) mass is 562 g/mol. The summed E-state index contributed by atoms with van der Waals surface area (Å²) in [7, 11) is 0. The maximum absolute atomic E-state index is 6.53. The highest BCUT2D eigenvalue weighted by Gasteiger charge is 2.35. The Morgan fingerprint density at radius 2 is 1.74 bits per heavy atom. The first kappa shape index (κ1) is 28.2. The van der Waals surface area contributed by atoms with Gasteiger partial charge in [-0.2, -0.15) is 0 Å². The molecule has 2 aliphatic rings. The fourth-order valence-electron chi connectivity index (χ4n) is 6.11. The molecule has 4 N–H and O–H groups in total. The highest BCUT2D eigenvalue weighted by molar-refractivity contribution is 5.83. The molecule has 1 unspecified atom stereocenters. The molecular formula is C35H42N6O. The van der Waals surface area contributed by atoms with Crippen LogP contribution in [-0.2, 0) is 12.0 Å². The van der Waals surface area contributed by atoms with Crippen molar-refractivity contribution in [1.29, 1.82) is 0 Å². The van der Waals surface area contributed by atoms with E-state index < -0.39 is 0 Å². The lowest BCUT2D eigenvalue weighted by atomic mass is 9.75. The van der Waals surface area contributed by atoms with Crippen molar-refractivity contribution >= 4 is 11.0 Å². The number of ether oxygens (including phenoxy) is 1. The van der Waals surface area contributed by atoms with Crippen LogP contribution in [0.2, 0.25) is 0 Å². The quantitative estimate of drug-likeness (QED) is 0.151. The summed E-state index contributed by atoms with van der Waals surface area (Å²) in [6, 6.07) is 19.8. The molecule has 1 saturated heterocycles. The van der Waals surface area contributed by atoms with Gasteiger partial charge in [-0.15, -0.1) is 0 Å². The molecule has 2 aromatic heterocycles. The second-order valence-electron chi connectivity index (χ2n) is 11.6. The lowest BCUT2D eigenvalue weighted by Crippen LogP contribution is -2.24. The van der Waals surface area contributed by atoms with Crippen molar-refractivity contribution in [2.24, 2.45) is 0 Å². The summed E-state index contributed by atoms with van der Waals surface area (Å²) in [5.74, 6) is 3.72. The van der Waals surface area contributed by atoms with E-state index in [2.05, 4.69) is 101 Å². The molecule has 0 spiro atoms. The van der Waals surface area contributed by atoms with Gasteiger partial charge in [0.1, 0.15) is 23.1 Å². The van der Waals surface area contributed by atoms with Gasteiger partial charge >= 0.3 is 0 Å². The van der Waals surface area contributed by atoms with E-state index >= 15 is 0 Å². The van der Waals surface area contributed by atoms with Crippen LogP contribution in [0, 0.1) is 0 Å². The van der Waals surface area contributed by atoms with Crippen molar-refractivity contribution in [3.05, 3.63) is 83.4 Å². The summed E-state index contributed by atoms with van der Waals surface area (Å²) >= 11 is 0. The molecule has 7 heteroatoms. The van der Waals surface area contributed by atoms with Crippen LogP contribution in [-0.4, -0.2) is 33.0 Å². The summed E-state index contributed by atoms with van der Waals surface area (Å²) in [5.41, 5.74) is 8.65. The number of rotatable bonds is 7. The van der Waals surface area contributed by atoms with Gasteiger partial charge in [0.25, 0.3) is 0 Å². The lowest BCUT2D eigenvalue weighted by molar-refractivity contribution is 0.418. The zero-order valence-corrected chi connectivity index (χ0v) is 25.4. The third-order valence-corrected chi connectivity index (χ3v) is 8.40. The Bertz CT molecular complexity index is 1690. The molecule has 42 heavy (non-hydrogen) atoms. The summed E-state index contributed by atoms with van der Waals surface area (Å²) in [6.07, 6.45) is 5.36. The highest BCUT2D eigenvalue weighted by Crippen LogP contribution is 2.49. The van der Waals surface area contributed by atoms with Crippen LogP contribution < -0.4 is 15.4 Å². The van der Waals surface area contributed by atoms with Crippen LogP contribution in [0.4, 0.5) is 0 Å². The van der Waals surface area contributed by atoms with Crippen molar-refractivity contribution < 1.29 is 4.74 Å². The van der Waals surface area contributed by atoms with Crippen LogP contribution >= 0.6 is 0 Å². The predicted octanol–water partition coefficient (Wildman–Crippen LogP) is 8.00. The van der Waals surface area contributed by atoms with E-state index in [0.29, 0.717) is 6.04 Å². The van der Waals surface area contributed by atoms with Gasteiger partial charge in [-0.1, -0.05) is 52.8 Å². The van der Waals surface area contributed by atoms with Crippen LogP contribution in [0.5, 0.6) is 11.5 Å². The number of aromatic nitrogens is 4. The van der Waals surface area contributed by atoms with Crippen molar-refractivity contribution in [1.82, 2.24) is 30.6 Å². The van der Waals surface area contributed by atoms with E-state index in [-0.39, 0.29) is 5.41 Å². The van der Waals surface area contributed by atoms with Crippen molar-refractivity contribution in [2.75, 3.05) is 13.1 Å². The summed E-state index contributed by atoms with van der Waals surface area (Å²) in [6.45, 7) is 13.6. The fourth-order valence-corrected chi connectivity index (χ4v) is 6.11. The summed E-state index contributed by atoms with van der Waals surface area (Å²) in [5, 5.41) is 6.96. The Balaban J connectivity index is 0.00000155. The molecule has 2 aliphatic heterocycles. The third-order valence-electron chi connectivity index (χ3n) is 8.40. The molecule has 5 aromatic rings. The van der Waals surface area contributed by atoms with Gasteiger partial charge in [0.2, 0.25) is 0 Å². The zero-order valence-electron chi connectivity index (χ0n) is 25.4. The van der Waals surface area contributed by atoms with Crippen LogP contribution in [0.15, 0.2) is 60.8 Å². The first-order chi connectivity index (χ1) is 20.5. The fraction of sp³-hybridized carbons (Fsp3) is 0.371. The molecule has 7 rings (SSSR count). The van der Waals surface area contributed by atoms with Gasteiger partial charge in [0.05, 0.1) is 17.1 Å².